The van der Waals surface area contributed by atoms with Crippen LogP contribution in [0.3, 0.4) is 0 Å². The minimum absolute atomic E-state index is 0. The molecule has 138 valence electrons. The molecule has 1 heterocycles. The molecule has 1 aliphatic rings. The molecule has 0 radical (unpaired) electrons. The van der Waals surface area contributed by atoms with Crippen molar-refractivity contribution < 1.29 is 0 Å². The number of nitrogens with one attached hydrogen (secondary N) is 2. The van der Waals surface area contributed by atoms with Gasteiger partial charge in [-0.15, -0.1) is 24.0 Å². The van der Waals surface area contributed by atoms with E-state index < -0.39 is 0 Å². The average molecular weight is 439 g/mol. The Morgan fingerprint density at radius 1 is 1.22 bits per heavy atom. The lowest BCUT2D eigenvalue weighted by Crippen LogP contribution is -2.45. The molecule has 1 atom stereocenters. The van der Waals surface area contributed by atoms with Crippen LogP contribution in [0.2, 0.25) is 0 Å². The van der Waals surface area contributed by atoms with E-state index in [-0.39, 0.29) is 24.0 Å². The molecule has 0 aromatic heterocycles. The van der Waals surface area contributed by atoms with Crippen LogP contribution in [0.4, 0.5) is 0 Å². The van der Waals surface area contributed by atoms with E-state index in [2.05, 4.69) is 62.1 Å². The third kappa shape index (κ3) is 8.54. The van der Waals surface area contributed by atoms with Crippen LogP contribution in [0.1, 0.15) is 47.5 Å². The van der Waals surface area contributed by atoms with Gasteiger partial charge < -0.3 is 15.5 Å². The van der Waals surface area contributed by atoms with Gasteiger partial charge in [0.15, 0.2) is 5.96 Å². The number of hydrogen-bond donors (Lipinski definition) is 2. The number of hydrogen-bond acceptors (Lipinski definition) is 3. The van der Waals surface area contributed by atoms with Crippen LogP contribution >= 0.6 is 24.0 Å². The van der Waals surface area contributed by atoms with Crippen molar-refractivity contribution in [2.24, 2.45) is 4.99 Å². The van der Waals surface area contributed by atoms with Crippen LogP contribution in [0.25, 0.3) is 0 Å². The normalized spacial score (nSPS) is 19.5. The summed E-state index contributed by atoms with van der Waals surface area (Å²) in [7, 11) is 2.21. The molecule has 1 unspecified atom stereocenters. The third-order valence-electron chi connectivity index (χ3n) is 4.46. The molecule has 1 rings (SSSR count). The zero-order valence-corrected chi connectivity index (χ0v) is 18.3. The van der Waals surface area contributed by atoms with E-state index >= 15 is 0 Å². The number of nitrogens with zero attached hydrogens (tertiary/aromatic N) is 3. The van der Waals surface area contributed by atoms with E-state index in [1.54, 1.807) is 0 Å². The van der Waals surface area contributed by atoms with Crippen LogP contribution in [-0.4, -0.2) is 73.7 Å². The van der Waals surface area contributed by atoms with Gasteiger partial charge in [-0.2, -0.15) is 0 Å². The van der Waals surface area contributed by atoms with Crippen molar-refractivity contribution in [3.63, 3.8) is 0 Å². The molecule has 0 bridgehead atoms. The van der Waals surface area contributed by atoms with Crippen LogP contribution < -0.4 is 10.6 Å². The summed E-state index contributed by atoms with van der Waals surface area (Å²) in [6.45, 7) is 16.1. The quantitative estimate of drug-likeness (QED) is 0.346. The number of likely N-dealkylation sites (N-methyl/N-ethyl adjacent to an activating group) is 1. The molecule has 0 amide bonds. The highest BCUT2D eigenvalue weighted by atomic mass is 127. The molecule has 2 N–H and O–H groups in total. The van der Waals surface area contributed by atoms with Crippen molar-refractivity contribution in [3.05, 3.63) is 0 Å². The summed E-state index contributed by atoms with van der Waals surface area (Å²) in [5.74, 6) is 0.954. The molecule has 1 saturated heterocycles. The van der Waals surface area contributed by atoms with Crippen molar-refractivity contribution in [1.29, 1.82) is 0 Å². The molecular formula is C17H38IN5. The molecule has 0 aliphatic carbocycles. The van der Waals surface area contributed by atoms with Gasteiger partial charge in [0.25, 0.3) is 0 Å². The molecule has 0 spiro atoms. The highest BCUT2D eigenvalue weighted by molar-refractivity contribution is 14.0. The standard InChI is InChI=1S/C17H37N5.HI/c1-7-18-17(20-13-16-9-8-11-21(16)6)19-10-12-22(14(2)3)15(4)5;/h14-16H,7-13H2,1-6H3,(H2,18,19,20);1H. The van der Waals surface area contributed by atoms with Crippen molar-refractivity contribution >= 4 is 29.9 Å². The van der Waals surface area contributed by atoms with Gasteiger partial charge in [0.05, 0.1) is 6.54 Å². The number of rotatable bonds is 8. The fraction of sp³-hybridized carbons (Fsp3) is 0.941. The molecule has 1 fully saturated rings. The van der Waals surface area contributed by atoms with E-state index in [0.717, 1.165) is 32.1 Å². The van der Waals surface area contributed by atoms with E-state index in [9.17, 15) is 0 Å². The monoisotopic (exact) mass is 439 g/mol. The Labute approximate surface area is 160 Å². The summed E-state index contributed by atoms with van der Waals surface area (Å²) in [5.41, 5.74) is 0. The second-order valence-electron chi connectivity index (χ2n) is 6.85. The zero-order chi connectivity index (χ0) is 16.5. The Balaban J connectivity index is 0.00000484. The van der Waals surface area contributed by atoms with Gasteiger partial charge in [0, 0.05) is 37.8 Å². The first-order chi connectivity index (χ1) is 10.5. The van der Waals surface area contributed by atoms with Gasteiger partial charge in [0.1, 0.15) is 0 Å². The molecule has 23 heavy (non-hydrogen) atoms. The lowest BCUT2D eigenvalue weighted by molar-refractivity contribution is 0.178. The Morgan fingerprint density at radius 3 is 2.35 bits per heavy atom. The first-order valence-corrected chi connectivity index (χ1v) is 8.93. The first kappa shape index (κ1) is 22.9. The summed E-state index contributed by atoms with van der Waals surface area (Å²) >= 11 is 0. The molecule has 0 aromatic rings. The Kier molecular flexibility index (Phi) is 12.3. The maximum atomic E-state index is 4.77. The fourth-order valence-electron chi connectivity index (χ4n) is 3.16. The van der Waals surface area contributed by atoms with Crippen molar-refractivity contribution in [1.82, 2.24) is 20.4 Å². The van der Waals surface area contributed by atoms with Gasteiger partial charge in [0.2, 0.25) is 0 Å². The molecule has 1 aliphatic heterocycles. The zero-order valence-electron chi connectivity index (χ0n) is 15.9. The lowest BCUT2D eigenvalue weighted by Gasteiger charge is -2.30. The van der Waals surface area contributed by atoms with Crippen LogP contribution in [-0.2, 0) is 0 Å². The van der Waals surface area contributed by atoms with Crippen molar-refractivity contribution in [2.75, 3.05) is 39.8 Å². The van der Waals surface area contributed by atoms with Crippen molar-refractivity contribution in [3.8, 4) is 0 Å². The van der Waals surface area contributed by atoms with E-state index in [1.807, 2.05) is 0 Å². The molecule has 0 saturated carbocycles. The molecule has 5 nitrogen and oxygen atoms in total. The molecule has 0 aromatic carbocycles. The summed E-state index contributed by atoms with van der Waals surface area (Å²) in [6.07, 6.45) is 2.58. The smallest absolute Gasteiger partial charge is 0.191 e. The second-order valence-corrected chi connectivity index (χ2v) is 6.85. The largest absolute Gasteiger partial charge is 0.357 e. The lowest BCUT2D eigenvalue weighted by atomic mass is 10.2. The Morgan fingerprint density at radius 2 is 1.87 bits per heavy atom. The maximum absolute atomic E-state index is 4.77. The van der Waals surface area contributed by atoms with E-state index in [1.165, 1.54) is 19.4 Å². The molecule has 6 heteroatoms. The average Bonchev–Trinajstić information content (AvgIpc) is 2.85. The number of likely N-dealkylation sites (tertiary alicyclic amines) is 1. The van der Waals surface area contributed by atoms with Gasteiger partial charge in [-0.1, -0.05) is 0 Å². The predicted molar refractivity (Wildman–Crippen MR) is 112 cm³/mol. The second kappa shape index (κ2) is 12.3. The minimum Gasteiger partial charge on any atom is -0.357 e. The van der Waals surface area contributed by atoms with Crippen LogP contribution in [0.5, 0.6) is 0 Å². The van der Waals surface area contributed by atoms with Gasteiger partial charge in [-0.05, 0) is 61.1 Å². The minimum atomic E-state index is 0. The summed E-state index contributed by atoms with van der Waals surface area (Å²) in [5, 5.41) is 6.83. The van der Waals surface area contributed by atoms with Gasteiger partial charge in [-0.3, -0.25) is 9.89 Å². The topological polar surface area (TPSA) is 42.9 Å². The van der Waals surface area contributed by atoms with E-state index in [0.29, 0.717) is 18.1 Å². The highest BCUT2D eigenvalue weighted by Crippen LogP contribution is 2.14. The van der Waals surface area contributed by atoms with Crippen LogP contribution in [0.15, 0.2) is 4.99 Å². The summed E-state index contributed by atoms with van der Waals surface area (Å²) < 4.78 is 0. The van der Waals surface area contributed by atoms with E-state index in [4.69, 9.17) is 4.99 Å². The van der Waals surface area contributed by atoms with Crippen molar-refractivity contribution in [2.45, 2.75) is 65.6 Å². The van der Waals surface area contributed by atoms with Gasteiger partial charge >= 0.3 is 0 Å². The number of guanidine groups is 1. The first-order valence-electron chi connectivity index (χ1n) is 8.93. The predicted octanol–water partition coefficient (Wildman–Crippen LogP) is 2.37. The summed E-state index contributed by atoms with van der Waals surface area (Å²) in [4.78, 5) is 9.69. The Hall–Kier alpha value is -0.0800. The molecular weight excluding hydrogens is 401 g/mol. The number of aliphatic imine (C=N–C) groups is 1. The summed E-state index contributed by atoms with van der Waals surface area (Å²) in [6, 6.07) is 1.76. The third-order valence-corrected chi connectivity index (χ3v) is 4.46. The van der Waals surface area contributed by atoms with Crippen LogP contribution in [0, 0.1) is 0 Å². The number of halogens is 1. The van der Waals surface area contributed by atoms with Gasteiger partial charge in [-0.25, -0.2) is 0 Å². The fourth-order valence-corrected chi connectivity index (χ4v) is 3.16. The highest BCUT2D eigenvalue weighted by Gasteiger charge is 2.20. The maximum Gasteiger partial charge on any atom is 0.191 e. The Bertz CT molecular complexity index is 325. The SMILES string of the molecule is CCNC(=NCC1CCCN1C)NCCN(C(C)C)C(C)C.I.